The lowest BCUT2D eigenvalue weighted by Gasteiger charge is -2.12. The molecule has 14 heteroatoms. The number of carbonyl (C=O) groups excluding carboxylic acids is 2. The van der Waals surface area contributed by atoms with E-state index >= 15 is 0 Å². The summed E-state index contributed by atoms with van der Waals surface area (Å²) in [7, 11) is 13.1. The number of carbonyl (C=O) groups is 2. The van der Waals surface area contributed by atoms with Crippen molar-refractivity contribution in [1.29, 1.82) is 0 Å². The van der Waals surface area contributed by atoms with E-state index in [0.717, 1.165) is 59.7 Å². The summed E-state index contributed by atoms with van der Waals surface area (Å²) in [5, 5.41) is 8.07. The van der Waals surface area contributed by atoms with E-state index in [1.165, 1.54) is 0 Å². The maximum Gasteiger partial charge on any atom is 0.220 e. The standard InChI is InChI=1S/C44H58N4O8S2/c1-8-33(13-15-35-29-39(53-4)41(55-6)31-37(35)51-2)17-21-45-20-9-11-43(49)46-22-27-57-58-28-23-47-44(50)12-10-24-48-25-18-34(19-26-48)14-16-36-30-40(54-5)42(56-7)32-38(36)52-3/h8,13-19,21,25-26,29-32,45H,9-12,20,22-24,27-28H2,1-7H3,(H-,46,47,49,50)/p+2/b15-13+,16-14+,21-17-,33-8-. The Balaban J connectivity index is 1.20. The fourth-order valence-corrected chi connectivity index (χ4v) is 7.37. The Morgan fingerprint density at radius 1 is 0.655 bits per heavy atom. The van der Waals surface area contributed by atoms with E-state index < -0.39 is 0 Å². The van der Waals surface area contributed by atoms with Gasteiger partial charge in [-0.15, -0.1) is 0 Å². The number of nitrogens with zero attached hydrogens (tertiary/aromatic N) is 1. The Morgan fingerprint density at radius 2 is 1.16 bits per heavy atom. The first kappa shape index (κ1) is 47.3. The van der Waals surface area contributed by atoms with E-state index in [1.54, 1.807) is 64.2 Å². The lowest BCUT2D eigenvalue weighted by Crippen LogP contribution is -2.78. The van der Waals surface area contributed by atoms with Crippen LogP contribution in [0.2, 0.25) is 0 Å². The summed E-state index contributed by atoms with van der Waals surface area (Å²) in [4.78, 5) is 24.6. The van der Waals surface area contributed by atoms with E-state index in [-0.39, 0.29) is 11.8 Å². The number of quaternary nitrogens is 1. The fourth-order valence-electron chi connectivity index (χ4n) is 5.55. The smallest absolute Gasteiger partial charge is 0.220 e. The maximum absolute atomic E-state index is 12.3. The van der Waals surface area contributed by atoms with E-state index in [1.807, 2.05) is 98.4 Å². The minimum Gasteiger partial charge on any atom is -0.496 e. The van der Waals surface area contributed by atoms with Crippen LogP contribution in [0.5, 0.6) is 34.5 Å². The number of ether oxygens (including phenoxy) is 6. The minimum atomic E-state index is 0.0564. The van der Waals surface area contributed by atoms with Gasteiger partial charge in [-0.3, -0.25) is 9.59 Å². The molecule has 0 atom stereocenters. The summed E-state index contributed by atoms with van der Waals surface area (Å²) in [6.07, 6.45) is 20.6. The summed E-state index contributed by atoms with van der Waals surface area (Å²) >= 11 is 0. The molecule has 0 aliphatic carbocycles. The van der Waals surface area contributed by atoms with Crippen LogP contribution in [0.3, 0.4) is 0 Å². The van der Waals surface area contributed by atoms with E-state index in [4.69, 9.17) is 28.4 Å². The van der Waals surface area contributed by atoms with Crippen LogP contribution in [0, 0.1) is 0 Å². The Morgan fingerprint density at radius 3 is 1.67 bits per heavy atom. The van der Waals surface area contributed by atoms with Crippen molar-refractivity contribution in [3.63, 3.8) is 0 Å². The van der Waals surface area contributed by atoms with Gasteiger partial charge in [0.1, 0.15) is 18.0 Å². The van der Waals surface area contributed by atoms with Crippen molar-refractivity contribution in [2.24, 2.45) is 0 Å². The lowest BCUT2D eigenvalue weighted by atomic mass is 10.1. The van der Waals surface area contributed by atoms with Crippen molar-refractivity contribution in [2.45, 2.75) is 39.2 Å². The Bertz CT molecular complexity index is 1850. The fraction of sp³-hybridized carbons (Fsp3) is 0.386. The molecule has 58 heavy (non-hydrogen) atoms. The number of methoxy groups -OCH3 is 6. The van der Waals surface area contributed by atoms with Crippen LogP contribution < -0.4 is 48.9 Å². The van der Waals surface area contributed by atoms with Crippen molar-refractivity contribution in [2.75, 3.05) is 73.8 Å². The molecule has 1 heterocycles. The quantitative estimate of drug-likeness (QED) is 0.0358. The van der Waals surface area contributed by atoms with Crippen LogP contribution in [0.15, 0.2) is 78.8 Å². The van der Waals surface area contributed by atoms with Gasteiger partial charge in [-0.1, -0.05) is 52.0 Å². The van der Waals surface area contributed by atoms with Crippen molar-refractivity contribution >= 4 is 51.6 Å². The number of aryl methyl sites for hydroxylation is 1. The van der Waals surface area contributed by atoms with Gasteiger partial charge in [0.2, 0.25) is 11.8 Å². The number of allylic oxidation sites excluding steroid dienone is 4. The number of aromatic nitrogens is 1. The third-order valence-corrected chi connectivity index (χ3v) is 11.2. The van der Waals surface area contributed by atoms with Crippen molar-refractivity contribution in [3.05, 3.63) is 95.5 Å². The van der Waals surface area contributed by atoms with Crippen molar-refractivity contribution in [1.82, 2.24) is 10.6 Å². The average Bonchev–Trinajstić information content (AvgIpc) is 3.25. The maximum atomic E-state index is 12.3. The van der Waals surface area contributed by atoms with Gasteiger partial charge >= 0.3 is 0 Å². The highest BCUT2D eigenvalue weighted by Crippen LogP contribution is 2.36. The zero-order valence-corrected chi connectivity index (χ0v) is 36.5. The summed E-state index contributed by atoms with van der Waals surface area (Å²) in [5.74, 6) is 5.62. The molecule has 0 saturated carbocycles. The van der Waals surface area contributed by atoms with E-state index in [9.17, 15) is 9.59 Å². The highest BCUT2D eigenvalue weighted by Gasteiger charge is 2.12. The SMILES string of the molecule is C/C=C(\C=C/[NH2+]CCCC(=O)NCCSSCCNC(=O)CCC[n+]1ccc(/C=C/c2cc(OC)c(OC)cc2OC)cc1)/C=C/c1cc(OC)c(OC)cc1OC. The third-order valence-electron chi connectivity index (χ3n) is 8.75. The van der Waals surface area contributed by atoms with Gasteiger partial charge in [0.15, 0.2) is 35.4 Å². The zero-order valence-electron chi connectivity index (χ0n) is 34.8. The minimum absolute atomic E-state index is 0.0564. The molecule has 0 saturated heterocycles. The molecular formula is C44H60N4O8S2+2. The molecule has 314 valence electrons. The number of hydrogen-bond donors (Lipinski definition) is 3. The van der Waals surface area contributed by atoms with Crippen LogP contribution >= 0.6 is 21.6 Å². The third kappa shape index (κ3) is 16.8. The van der Waals surface area contributed by atoms with Gasteiger partial charge < -0.3 is 44.4 Å². The van der Waals surface area contributed by atoms with Gasteiger partial charge in [-0.05, 0) is 36.3 Å². The first-order valence-electron chi connectivity index (χ1n) is 19.2. The molecule has 0 aliphatic rings. The highest BCUT2D eigenvalue weighted by atomic mass is 33.1. The van der Waals surface area contributed by atoms with E-state index in [2.05, 4.69) is 20.5 Å². The summed E-state index contributed by atoms with van der Waals surface area (Å²) in [6, 6.07) is 11.5. The van der Waals surface area contributed by atoms with Crippen LogP contribution in [-0.4, -0.2) is 85.6 Å². The van der Waals surface area contributed by atoms with Crippen molar-refractivity contribution in [3.8, 4) is 34.5 Å². The topological polar surface area (TPSA) is 134 Å². The molecule has 2 amide bonds. The molecule has 2 aromatic carbocycles. The summed E-state index contributed by atoms with van der Waals surface area (Å²) in [6.45, 7) is 4.79. The molecule has 0 spiro atoms. The average molecular weight is 837 g/mol. The second-order valence-electron chi connectivity index (χ2n) is 12.7. The number of amides is 2. The highest BCUT2D eigenvalue weighted by molar-refractivity contribution is 8.76. The molecule has 0 aliphatic heterocycles. The van der Waals surface area contributed by atoms with E-state index in [0.29, 0.717) is 60.4 Å². The first-order chi connectivity index (χ1) is 28.3. The summed E-state index contributed by atoms with van der Waals surface area (Å²) in [5.41, 5.74) is 3.84. The Labute approximate surface area is 351 Å². The number of nitrogens with two attached hydrogens (primary N) is 1. The predicted molar refractivity (Wildman–Crippen MR) is 236 cm³/mol. The molecule has 0 bridgehead atoms. The van der Waals surface area contributed by atoms with Crippen LogP contribution in [0.4, 0.5) is 0 Å². The van der Waals surface area contributed by atoms with Crippen LogP contribution in [0.25, 0.3) is 18.2 Å². The van der Waals surface area contributed by atoms with Gasteiger partial charge in [0.05, 0.1) is 55.4 Å². The number of rotatable bonds is 27. The molecule has 4 N–H and O–H groups in total. The van der Waals surface area contributed by atoms with Gasteiger partial charge in [0.25, 0.3) is 0 Å². The van der Waals surface area contributed by atoms with Gasteiger partial charge in [-0.2, -0.15) is 0 Å². The normalized spacial score (nSPS) is 11.6. The Kier molecular flexibility index (Phi) is 22.5. The number of pyridine rings is 1. The molecular weight excluding hydrogens is 777 g/mol. The second kappa shape index (κ2) is 27.6. The number of benzene rings is 2. The number of hydrogen-bond acceptors (Lipinski definition) is 10. The zero-order chi connectivity index (χ0) is 42.0. The van der Waals surface area contributed by atoms with Gasteiger partial charge in [-0.25, -0.2) is 4.57 Å². The Hall–Kier alpha value is -5.05. The largest absolute Gasteiger partial charge is 0.496 e. The second-order valence-corrected chi connectivity index (χ2v) is 15.4. The van der Waals surface area contributed by atoms with Crippen molar-refractivity contribution < 1.29 is 47.9 Å². The molecule has 0 fully saturated rings. The molecule has 0 unspecified atom stereocenters. The van der Waals surface area contributed by atoms with Crippen LogP contribution in [-0.2, 0) is 16.1 Å². The molecule has 3 aromatic rings. The molecule has 3 rings (SSSR count). The molecule has 0 radical (unpaired) electrons. The number of nitrogens with one attached hydrogen (secondary N) is 2. The molecule has 12 nitrogen and oxygen atoms in total. The molecule has 1 aromatic heterocycles. The van der Waals surface area contributed by atoms with Gasteiger partial charge in [0, 0.05) is 85.7 Å². The monoisotopic (exact) mass is 836 g/mol. The first-order valence-corrected chi connectivity index (χ1v) is 21.7. The summed E-state index contributed by atoms with van der Waals surface area (Å²) < 4.78 is 34.7. The lowest BCUT2D eigenvalue weighted by molar-refractivity contribution is -0.697. The van der Waals surface area contributed by atoms with Crippen LogP contribution in [0.1, 0.15) is 49.3 Å². The predicted octanol–water partition coefficient (Wildman–Crippen LogP) is 6.11.